The average Bonchev–Trinajstić information content (AvgIpc) is 2.36. The lowest BCUT2D eigenvalue weighted by molar-refractivity contribution is -0.120. The van der Waals surface area contributed by atoms with Gasteiger partial charge in [0.25, 0.3) is 0 Å². The highest BCUT2D eigenvalue weighted by atomic mass is 16.5. The Balaban J connectivity index is 2.72. The molecule has 0 spiro atoms. The standard InChI is InChI=1S/C14H21NO2/c1-4-8-11(5-2)14(16)15-12-9-6-7-10-13(12)17-3/h6-7,9-11H,4-5,8H2,1-3H3,(H,15,16). The van der Waals surface area contributed by atoms with E-state index in [4.69, 9.17) is 4.74 Å². The topological polar surface area (TPSA) is 38.3 Å². The first kappa shape index (κ1) is 13.6. The molecule has 1 rings (SSSR count). The molecule has 0 saturated carbocycles. The second kappa shape index (κ2) is 6.94. The van der Waals surface area contributed by atoms with Crippen LogP contribution in [0.5, 0.6) is 5.75 Å². The summed E-state index contributed by atoms with van der Waals surface area (Å²) in [5.74, 6) is 0.871. The molecule has 0 fully saturated rings. The summed E-state index contributed by atoms with van der Waals surface area (Å²) < 4.78 is 5.20. The van der Waals surface area contributed by atoms with Gasteiger partial charge in [0.05, 0.1) is 12.8 Å². The number of hydrogen-bond donors (Lipinski definition) is 1. The quantitative estimate of drug-likeness (QED) is 0.820. The molecule has 1 unspecified atom stereocenters. The fourth-order valence-electron chi connectivity index (χ4n) is 1.85. The fraction of sp³-hybridized carbons (Fsp3) is 0.500. The summed E-state index contributed by atoms with van der Waals surface area (Å²) in [5.41, 5.74) is 0.745. The first-order valence-electron chi connectivity index (χ1n) is 6.16. The van der Waals surface area contributed by atoms with E-state index in [9.17, 15) is 4.79 Å². The molecule has 1 aromatic rings. The molecule has 0 aliphatic rings. The smallest absolute Gasteiger partial charge is 0.227 e. The highest BCUT2D eigenvalue weighted by molar-refractivity contribution is 5.93. The number of benzene rings is 1. The predicted octanol–water partition coefficient (Wildman–Crippen LogP) is 3.46. The summed E-state index contributed by atoms with van der Waals surface area (Å²) >= 11 is 0. The Kier molecular flexibility index (Phi) is 5.53. The van der Waals surface area contributed by atoms with Crippen LogP contribution < -0.4 is 10.1 Å². The van der Waals surface area contributed by atoms with Crippen molar-refractivity contribution in [3.8, 4) is 5.75 Å². The zero-order valence-corrected chi connectivity index (χ0v) is 10.8. The third-order valence-corrected chi connectivity index (χ3v) is 2.87. The van der Waals surface area contributed by atoms with Crippen molar-refractivity contribution in [1.29, 1.82) is 0 Å². The molecular weight excluding hydrogens is 214 g/mol. The highest BCUT2D eigenvalue weighted by Gasteiger charge is 2.16. The molecule has 0 bridgehead atoms. The van der Waals surface area contributed by atoms with Crippen molar-refractivity contribution in [2.24, 2.45) is 5.92 Å². The Labute approximate surface area is 103 Å². The van der Waals surface area contributed by atoms with Crippen LogP contribution in [0.1, 0.15) is 33.1 Å². The van der Waals surface area contributed by atoms with Gasteiger partial charge < -0.3 is 10.1 Å². The number of methoxy groups -OCH3 is 1. The zero-order chi connectivity index (χ0) is 12.7. The van der Waals surface area contributed by atoms with Gasteiger partial charge in [-0.2, -0.15) is 0 Å². The van der Waals surface area contributed by atoms with Crippen LogP contribution in [0.2, 0.25) is 0 Å². The SMILES string of the molecule is CCCC(CC)C(=O)Nc1ccccc1OC. The van der Waals surface area contributed by atoms with Crippen molar-refractivity contribution < 1.29 is 9.53 Å². The van der Waals surface area contributed by atoms with Gasteiger partial charge >= 0.3 is 0 Å². The van der Waals surface area contributed by atoms with Crippen LogP contribution in [-0.2, 0) is 4.79 Å². The minimum Gasteiger partial charge on any atom is -0.495 e. The van der Waals surface area contributed by atoms with Gasteiger partial charge in [0.1, 0.15) is 5.75 Å². The average molecular weight is 235 g/mol. The lowest BCUT2D eigenvalue weighted by Crippen LogP contribution is -2.22. The van der Waals surface area contributed by atoms with Crippen LogP contribution in [0.4, 0.5) is 5.69 Å². The molecule has 1 aromatic carbocycles. The molecule has 1 amide bonds. The fourth-order valence-corrected chi connectivity index (χ4v) is 1.85. The minimum absolute atomic E-state index is 0.0823. The van der Waals surface area contributed by atoms with E-state index in [2.05, 4.69) is 12.2 Å². The molecule has 0 aromatic heterocycles. The molecule has 3 heteroatoms. The third kappa shape index (κ3) is 3.77. The molecule has 0 saturated heterocycles. The lowest BCUT2D eigenvalue weighted by atomic mass is 10.00. The van der Waals surface area contributed by atoms with E-state index in [1.54, 1.807) is 7.11 Å². The van der Waals surface area contributed by atoms with Gasteiger partial charge in [-0.1, -0.05) is 32.4 Å². The Morgan fingerprint density at radius 1 is 1.35 bits per heavy atom. The van der Waals surface area contributed by atoms with Crippen molar-refractivity contribution in [3.63, 3.8) is 0 Å². The molecule has 0 heterocycles. The molecule has 1 atom stereocenters. The van der Waals surface area contributed by atoms with Crippen molar-refractivity contribution in [2.45, 2.75) is 33.1 Å². The molecule has 0 aliphatic heterocycles. The van der Waals surface area contributed by atoms with E-state index in [0.29, 0.717) is 5.75 Å². The summed E-state index contributed by atoms with van der Waals surface area (Å²) in [5, 5.41) is 2.93. The summed E-state index contributed by atoms with van der Waals surface area (Å²) in [6.07, 6.45) is 2.82. The molecule has 1 N–H and O–H groups in total. The Hall–Kier alpha value is -1.51. The Bertz CT molecular complexity index is 363. The first-order valence-corrected chi connectivity index (χ1v) is 6.16. The van der Waals surface area contributed by atoms with Crippen LogP contribution in [0.3, 0.4) is 0 Å². The van der Waals surface area contributed by atoms with Crippen LogP contribution in [0.25, 0.3) is 0 Å². The van der Waals surface area contributed by atoms with Gasteiger partial charge in [0.15, 0.2) is 0 Å². The predicted molar refractivity (Wildman–Crippen MR) is 70.3 cm³/mol. The van der Waals surface area contributed by atoms with Gasteiger partial charge in [0.2, 0.25) is 5.91 Å². The number of hydrogen-bond acceptors (Lipinski definition) is 2. The minimum atomic E-state index is 0.0823. The van der Waals surface area contributed by atoms with E-state index in [0.717, 1.165) is 24.9 Å². The van der Waals surface area contributed by atoms with Crippen LogP contribution in [-0.4, -0.2) is 13.0 Å². The number of carbonyl (C=O) groups is 1. The summed E-state index contributed by atoms with van der Waals surface area (Å²) in [7, 11) is 1.61. The maximum absolute atomic E-state index is 12.0. The summed E-state index contributed by atoms with van der Waals surface area (Å²) in [6, 6.07) is 7.47. The van der Waals surface area contributed by atoms with E-state index >= 15 is 0 Å². The Morgan fingerprint density at radius 3 is 2.65 bits per heavy atom. The number of rotatable bonds is 6. The molecule has 0 aliphatic carbocycles. The monoisotopic (exact) mass is 235 g/mol. The Morgan fingerprint density at radius 2 is 2.06 bits per heavy atom. The van der Waals surface area contributed by atoms with Gasteiger partial charge in [-0.3, -0.25) is 4.79 Å². The normalized spacial score (nSPS) is 11.9. The second-order valence-electron chi connectivity index (χ2n) is 4.08. The third-order valence-electron chi connectivity index (χ3n) is 2.87. The van der Waals surface area contributed by atoms with Crippen LogP contribution in [0, 0.1) is 5.92 Å². The zero-order valence-electron chi connectivity index (χ0n) is 10.8. The maximum Gasteiger partial charge on any atom is 0.227 e. The van der Waals surface area contributed by atoms with Gasteiger partial charge in [-0.15, -0.1) is 0 Å². The molecular formula is C14H21NO2. The van der Waals surface area contributed by atoms with E-state index in [-0.39, 0.29) is 11.8 Å². The molecule has 0 radical (unpaired) electrons. The van der Waals surface area contributed by atoms with Crippen molar-refractivity contribution >= 4 is 11.6 Å². The number of ether oxygens (including phenoxy) is 1. The number of nitrogens with one attached hydrogen (secondary N) is 1. The second-order valence-corrected chi connectivity index (χ2v) is 4.08. The molecule has 94 valence electrons. The van der Waals surface area contributed by atoms with Gasteiger partial charge in [0, 0.05) is 5.92 Å². The molecule has 17 heavy (non-hydrogen) atoms. The number of para-hydroxylation sites is 2. The number of anilines is 1. The van der Waals surface area contributed by atoms with Crippen molar-refractivity contribution in [3.05, 3.63) is 24.3 Å². The van der Waals surface area contributed by atoms with Crippen molar-refractivity contribution in [1.82, 2.24) is 0 Å². The number of carbonyl (C=O) groups excluding carboxylic acids is 1. The number of amides is 1. The summed E-state index contributed by atoms with van der Waals surface area (Å²) in [4.78, 5) is 12.0. The van der Waals surface area contributed by atoms with Gasteiger partial charge in [-0.05, 0) is 25.0 Å². The highest BCUT2D eigenvalue weighted by Crippen LogP contribution is 2.24. The largest absolute Gasteiger partial charge is 0.495 e. The van der Waals surface area contributed by atoms with Gasteiger partial charge in [-0.25, -0.2) is 0 Å². The van der Waals surface area contributed by atoms with Crippen molar-refractivity contribution in [2.75, 3.05) is 12.4 Å². The van der Waals surface area contributed by atoms with E-state index < -0.39 is 0 Å². The van der Waals surface area contributed by atoms with Crippen LogP contribution in [0.15, 0.2) is 24.3 Å². The lowest BCUT2D eigenvalue weighted by Gasteiger charge is -2.15. The van der Waals surface area contributed by atoms with E-state index in [1.807, 2.05) is 31.2 Å². The maximum atomic E-state index is 12.0. The molecule has 3 nitrogen and oxygen atoms in total. The summed E-state index contributed by atoms with van der Waals surface area (Å²) in [6.45, 7) is 4.14. The first-order chi connectivity index (χ1) is 8.22. The van der Waals surface area contributed by atoms with E-state index in [1.165, 1.54) is 0 Å². The van der Waals surface area contributed by atoms with Crippen LogP contribution >= 0.6 is 0 Å².